The lowest BCUT2D eigenvalue weighted by Gasteiger charge is -2.24. The first kappa shape index (κ1) is 15.0. The van der Waals surface area contributed by atoms with Crippen LogP contribution in [0.2, 0.25) is 0 Å². The second-order valence-electron chi connectivity index (χ2n) is 4.51. The molecule has 0 radical (unpaired) electrons. The van der Waals surface area contributed by atoms with Crippen LogP contribution in [-0.2, 0) is 11.2 Å². The molecule has 0 spiro atoms. The third kappa shape index (κ3) is 4.61. The van der Waals surface area contributed by atoms with Gasteiger partial charge in [0.25, 0.3) is 0 Å². The fourth-order valence-electron chi connectivity index (χ4n) is 1.48. The second kappa shape index (κ2) is 6.77. The molecule has 0 aliphatic carbocycles. The van der Waals surface area contributed by atoms with Crippen LogP contribution in [0.5, 0.6) is 0 Å². The Bertz CT molecular complexity index is 419. The van der Waals surface area contributed by atoms with Gasteiger partial charge in [0.2, 0.25) is 0 Å². The molecule has 0 aliphatic rings. The Balaban J connectivity index is 2.26. The van der Waals surface area contributed by atoms with Gasteiger partial charge in [-0.15, -0.1) is 0 Å². The summed E-state index contributed by atoms with van der Waals surface area (Å²) < 4.78 is 0. The van der Waals surface area contributed by atoms with E-state index in [9.17, 15) is 9.59 Å². The molecule has 0 fully saturated rings. The quantitative estimate of drug-likeness (QED) is 0.551. The van der Waals surface area contributed by atoms with E-state index in [1.807, 2.05) is 0 Å². The number of carboxylic acid groups (broad SMARTS) is 1. The van der Waals surface area contributed by atoms with Gasteiger partial charge in [0.05, 0.1) is 0 Å². The molecule has 1 heterocycles. The van der Waals surface area contributed by atoms with Gasteiger partial charge in [-0.2, -0.15) is 0 Å². The van der Waals surface area contributed by atoms with Crippen LogP contribution >= 0.6 is 0 Å². The van der Waals surface area contributed by atoms with Gasteiger partial charge in [-0.3, -0.25) is 0 Å². The Labute approximate surface area is 111 Å². The molecule has 1 atom stereocenters. The van der Waals surface area contributed by atoms with Crippen molar-refractivity contribution in [2.45, 2.75) is 38.6 Å². The molecule has 2 amide bonds. The molecular weight excluding hydrogens is 248 g/mol. The maximum absolute atomic E-state index is 11.6. The molecule has 0 bridgehead atoms. The number of amides is 2. The van der Waals surface area contributed by atoms with E-state index in [4.69, 9.17) is 5.11 Å². The van der Waals surface area contributed by atoms with Crippen molar-refractivity contribution in [3.05, 3.63) is 18.2 Å². The summed E-state index contributed by atoms with van der Waals surface area (Å²) in [6, 6.07) is -0.466. The fourth-order valence-corrected chi connectivity index (χ4v) is 1.48. The fraction of sp³-hybridized carbons (Fsp3) is 0.583. The van der Waals surface area contributed by atoms with Gasteiger partial charge >= 0.3 is 12.0 Å². The molecule has 1 unspecified atom stereocenters. The molecule has 106 valence electrons. The third-order valence-corrected chi connectivity index (χ3v) is 3.00. The first-order chi connectivity index (χ1) is 8.98. The maximum atomic E-state index is 11.6. The summed E-state index contributed by atoms with van der Waals surface area (Å²) in [7, 11) is 0. The van der Waals surface area contributed by atoms with Gasteiger partial charge < -0.3 is 20.7 Å². The van der Waals surface area contributed by atoms with Gasteiger partial charge in [0.1, 0.15) is 11.4 Å². The number of carbonyl (C=O) groups is 2. The first-order valence-corrected chi connectivity index (χ1v) is 6.25. The van der Waals surface area contributed by atoms with Gasteiger partial charge in [-0.25, -0.2) is 14.6 Å². The maximum Gasteiger partial charge on any atom is 0.329 e. The molecule has 7 heteroatoms. The van der Waals surface area contributed by atoms with E-state index >= 15 is 0 Å². The highest BCUT2D eigenvalue weighted by atomic mass is 16.4. The monoisotopic (exact) mass is 268 g/mol. The number of hydrogen-bond donors (Lipinski definition) is 4. The molecular formula is C12H20N4O3. The highest BCUT2D eigenvalue weighted by molar-refractivity contribution is 5.85. The van der Waals surface area contributed by atoms with Crippen LogP contribution in [0.25, 0.3) is 0 Å². The number of aliphatic carboxylic acids is 1. The zero-order valence-electron chi connectivity index (χ0n) is 11.2. The normalized spacial score (nSPS) is 13.6. The van der Waals surface area contributed by atoms with Crippen LogP contribution in [0.15, 0.2) is 12.4 Å². The molecule has 0 aliphatic heterocycles. The number of carboxylic acids is 1. The van der Waals surface area contributed by atoms with Crippen LogP contribution < -0.4 is 10.6 Å². The SMILES string of the molecule is CCC(C)(NC(=O)NCCCc1ncc[nH]1)C(=O)O. The van der Waals surface area contributed by atoms with Crippen molar-refractivity contribution < 1.29 is 14.7 Å². The van der Waals surface area contributed by atoms with Crippen LogP contribution in [0.4, 0.5) is 4.79 Å². The number of rotatable bonds is 7. The van der Waals surface area contributed by atoms with Crippen LogP contribution in [-0.4, -0.2) is 39.2 Å². The minimum absolute atomic E-state index is 0.322. The molecule has 0 saturated carbocycles. The Hall–Kier alpha value is -2.05. The summed E-state index contributed by atoms with van der Waals surface area (Å²) in [5, 5.41) is 14.1. The topological polar surface area (TPSA) is 107 Å². The van der Waals surface area contributed by atoms with Crippen molar-refractivity contribution in [1.29, 1.82) is 0 Å². The average molecular weight is 268 g/mol. The number of aromatic amines is 1. The number of aryl methyl sites for hydroxylation is 1. The van der Waals surface area contributed by atoms with E-state index in [1.165, 1.54) is 6.92 Å². The number of carbonyl (C=O) groups excluding carboxylic acids is 1. The summed E-state index contributed by atoms with van der Waals surface area (Å²) >= 11 is 0. The van der Waals surface area contributed by atoms with E-state index < -0.39 is 17.5 Å². The molecule has 1 aromatic rings. The number of nitrogens with one attached hydrogen (secondary N) is 3. The zero-order valence-corrected chi connectivity index (χ0v) is 11.2. The van der Waals surface area contributed by atoms with E-state index in [0.29, 0.717) is 13.0 Å². The molecule has 0 saturated heterocycles. The Morgan fingerprint density at radius 1 is 1.53 bits per heavy atom. The van der Waals surface area contributed by atoms with Crippen molar-refractivity contribution in [1.82, 2.24) is 20.6 Å². The summed E-state index contributed by atoms with van der Waals surface area (Å²) in [4.78, 5) is 29.6. The van der Waals surface area contributed by atoms with E-state index in [1.54, 1.807) is 19.3 Å². The largest absolute Gasteiger partial charge is 0.480 e. The van der Waals surface area contributed by atoms with Crippen molar-refractivity contribution >= 4 is 12.0 Å². The number of aromatic nitrogens is 2. The Morgan fingerprint density at radius 3 is 2.79 bits per heavy atom. The highest BCUT2D eigenvalue weighted by Crippen LogP contribution is 2.08. The lowest BCUT2D eigenvalue weighted by atomic mass is 10.00. The minimum Gasteiger partial charge on any atom is -0.480 e. The van der Waals surface area contributed by atoms with E-state index in [0.717, 1.165) is 18.7 Å². The number of imidazole rings is 1. The van der Waals surface area contributed by atoms with Crippen LogP contribution in [0.3, 0.4) is 0 Å². The number of H-pyrrole nitrogens is 1. The lowest BCUT2D eigenvalue weighted by Crippen LogP contribution is -2.54. The van der Waals surface area contributed by atoms with E-state index in [-0.39, 0.29) is 0 Å². The van der Waals surface area contributed by atoms with Gasteiger partial charge in [0.15, 0.2) is 0 Å². The minimum atomic E-state index is -1.23. The van der Waals surface area contributed by atoms with Gasteiger partial charge in [0, 0.05) is 25.4 Å². The highest BCUT2D eigenvalue weighted by Gasteiger charge is 2.32. The molecule has 7 nitrogen and oxygen atoms in total. The molecule has 19 heavy (non-hydrogen) atoms. The molecule has 1 aromatic heterocycles. The van der Waals surface area contributed by atoms with Crippen molar-refractivity contribution in [3.63, 3.8) is 0 Å². The predicted octanol–water partition coefficient (Wildman–Crippen LogP) is 0.895. The predicted molar refractivity (Wildman–Crippen MR) is 69.8 cm³/mol. The number of urea groups is 1. The third-order valence-electron chi connectivity index (χ3n) is 3.00. The summed E-state index contributed by atoms with van der Waals surface area (Å²) in [6.45, 7) is 3.66. The Morgan fingerprint density at radius 2 is 2.26 bits per heavy atom. The Kier molecular flexibility index (Phi) is 5.35. The molecule has 1 rings (SSSR count). The van der Waals surface area contributed by atoms with Crippen molar-refractivity contribution in [2.24, 2.45) is 0 Å². The average Bonchev–Trinajstić information content (AvgIpc) is 2.87. The van der Waals surface area contributed by atoms with Crippen LogP contribution in [0.1, 0.15) is 32.5 Å². The van der Waals surface area contributed by atoms with Crippen LogP contribution in [0, 0.1) is 0 Å². The van der Waals surface area contributed by atoms with Gasteiger partial charge in [-0.1, -0.05) is 6.92 Å². The molecule has 0 aromatic carbocycles. The number of hydrogen-bond acceptors (Lipinski definition) is 3. The van der Waals surface area contributed by atoms with Crippen molar-refractivity contribution in [2.75, 3.05) is 6.54 Å². The summed E-state index contributed by atoms with van der Waals surface area (Å²) in [5.74, 6) is -0.174. The standard InChI is InChI=1S/C12H20N4O3/c1-3-12(2,10(17)18)16-11(19)15-6-4-5-9-13-7-8-14-9/h7-8H,3-6H2,1-2H3,(H,13,14)(H,17,18)(H2,15,16,19). The first-order valence-electron chi connectivity index (χ1n) is 6.25. The smallest absolute Gasteiger partial charge is 0.329 e. The van der Waals surface area contributed by atoms with E-state index in [2.05, 4.69) is 20.6 Å². The van der Waals surface area contributed by atoms with Gasteiger partial charge in [-0.05, 0) is 19.8 Å². The zero-order chi connectivity index (χ0) is 14.3. The van der Waals surface area contributed by atoms with Crippen molar-refractivity contribution in [3.8, 4) is 0 Å². The summed E-state index contributed by atoms with van der Waals surface area (Å²) in [6.07, 6.45) is 5.21. The lowest BCUT2D eigenvalue weighted by molar-refractivity contribution is -0.143. The number of nitrogens with zero attached hydrogens (tertiary/aromatic N) is 1. The second-order valence-corrected chi connectivity index (χ2v) is 4.51. The molecule has 4 N–H and O–H groups in total. The summed E-state index contributed by atoms with van der Waals surface area (Å²) in [5.41, 5.74) is -1.23.